The molecule has 1 rings (SSSR count). The number of carboxylic acid groups (broad SMARTS) is 1. The second-order valence-electron chi connectivity index (χ2n) is 3.67. The van der Waals surface area contributed by atoms with Gasteiger partial charge in [-0.3, -0.25) is 9.69 Å². The van der Waals surface area contributed by atoms with E-state index in [0.717, 1.165) is 6.54 Å². The Bertz CT molecular complexity index is 184. The summed E-state index contributed by atoms with van der Waals surface area (Å²) in [7, 11) is 0. The molecule has 4 nitrogen and oxygen atoms in total. The Morgan fingerprint density at radius 3 is 2.77 bits per heavy atom. The molecule has 0 spiro atoms. The van der Waals surface area contributed by atoms with Gasteiger partial charge in [0.25, 0.3) is 0 Å². The van der Waals surface area contributed by atoms with Crippen LogP contribution in [0.2, 0.25) is 0 Å². The molecule has 13 heavy (non-hydrogen) atoms. The van der Waals surface area contributed by atoms with Crippen molar-refractivity contribution in [3.63, 3.8) is 0 Å². The maximum Gasteiger partial charge on any atom is 0.306 e. The van der Waals surface area contributed by atoms with Crippen molar-refractivity contribution in [3.8, 4) is 0 Å². The van der Waals surface area contributed by atoms with E-state index in [2.05, 4.69) is 4.90 Å². The number of aliphatic hydroxyl groups is 1. The SMILES string of the molecule is CC1CC(C(=O)O)CCN1CCO. The maximum absolute atomic E-state index is 10.7. The molecule has 4 heteroatoms. The third kappa shape index (κ3) is 2.67. The van der Waals surface area contributed by atoms with Crippen LogP contribution in [0, 0.1) is 5.92 Å². The second kappa shape index (κ2) is 4.58. The van der Waals surface area contributed by atoms with Gasteiger partial charge in [0, 0.05) is 12.6 Å². The minimum Gasteiger partial charge on any atom is -0.481 e. The number of rotatable bonds is 3. The molecular formula is C9H17NO3. The predicted molar refractivity (Wildman–Crippen MR) is 48.5 cm³/mol. The number of carbonyl (C=O) groups is 1. The smallest absolute Gasteiger partial charge is 0.306 e. The van der Waals surface area contributed by atoms with E-state index < -0.39 is 5.97 Å². The van der Waals surface area contributed by atoms with Gasteiger partial charge in [0.1, 0.15) is 0 Å². The number of hydrogen-bond acceptors (Lipinski definition) is 3. The van der Waals surface area contributed by atoms with Crippen molar-refractivity contribution in [1.29, 1.82) is 0 Å². The Hall–Kier alpha value is -0.610. The summed E-state index contributed by atoms with van der Waals surface area (Å²) < 4.78 is 0. The molecule has 1 aliphatic heterocycles. The molecule has 76 valence electrons. The van der Waals surface area contributed by atoms with Crippen LogP contribution in [0.5, 0.6) is 0 Å². The summed E-state index contributed by atoms with van der Waals surface area (Å²) in [5.74, 6) is -0.875. The first-order chi connectivity index (χ1) is 6.15. The average molecular weight is 187 g/mol. The van der Waals surface area contributed by atoms with Gasteiger partial charge in [-0.25, -0.2) is 0 Å². The number of carboxylic acids is 1. The van der Waals surface area contributed by atoms with Gasteiger partial charge in [-0.1, -0.05) is 0 Å². The molecule has 0 bridgehead atoms. The van der Waals surface area contributed by atoms with E-state index in [0.29, 0.717) is 19.4 Å². The molecule has 0 aliphatic carbocycles. The number of nitrogens with zero attached hydrogens (tertiary/aromatic N) is 1. The van der Waals surface area contributed by atoms with E-state index in [1.807, 2.05) is 6.92 Å². The van der Waals surface area contributed by atoms with Gasteiger partial charge >= 0.3 is 5.97 Å². The minimum absolute atomic E-state index is 0.155. The highest BCUT2D eigenvalue weighted by atomic mass is 16.4. The summed E-state index contributed by atoms with van der Waals surface area (Å²) in [6.45, 7) is 3.62. The van der Waals surface area contributed by atoms with Crippen molar-refractivity contribution >= 4 is 5.97 Å². The Morgan fingerprint density at radius 1 is 1.62 bits per heavy atom. The van der Waals surface area contributed by atoms with Crippen LogP contribution >= 0.6 is 0 Å². The standard InChI is InChI=1S/C9H17NO3/c1-7-6-8(9(12)13)2-3-10(7)4-5-11/h7-8,11H,2-6H2,1H3,(H,12,13). The Balaban J connectivity index is 2.41. The summed E-state index contributed by atoms with van der Waals surface area (Å²) >= 11 is 0. The summed E-state index contributed by atoms with van der Waals surface area (Å²) in [6.07, 6.45) is 1.41. The summed E-state index contributed by atoms with van der Waals surface area (Å²) in [6, 6.07) is 0.280. The van der Waals surface area contributed by atoms with Gasteiger partial charge in [0.2, 0.25) is 0 Å². The molecule has 1 fully saturated rings. The van der Waals surface area contributed by atoms with Crippen molar-refractivity contribution in [2.45, 2.75) is 25.8 Å². The molecule has 0 saturated carbocycles. The highest BCUT2D eigenvalue weighted by Crippen LogP contribution is 2.22. The molecule has 2 N–H and O–H groups in total. The minimum atomic E-state index is -0.685. The second-order valence-corrected chi connectivity index (χ2v) is 3.67. The molecule has 1 aliphatic rings. The van der Waals surface area contributed by atoms with Gasteiger partial charge in [0.05, 0.1) is 12.5 Å². The van der Waals surface area contributed by atoms with Crippen LogP contribution in [0.25, 0.3) is 0 Å². The molecule has 0 amide bonds. The van der Waals surface area contributed by atoms with Crippen molar-refractivity contribution in [2.24, 2.45) is 5.92 Å². The van der Waals surface area contributed by atoms with Gasteiger partial charge in [-0.2, -0.15) is 0 Å². The van der Waals surface area contributed by atoms with E-state index in [-0.39, 0.29) is 18.6 Å². The van der Waals surface area contributed by atoms with Crippen LogP contribution in [0.1, 0.15) is 19.8 Å². The number of aliphatic hydroxyl groups excluding tert-OH is 1. The highest BCUT2D eigenvalue weighted by Gasteiger charge is 2.28. The third-order valence-corrected chi connectivity index (χ3v) is 2.75. The molecule has 0 radical (unpaired) electrons. The lowest BCUT2D eigenvalue weighted by molar-refractivity contribution is -0.144. The van der Waals surface area contributed by atoms with Crippen LogP contribution in [-0.2, 0) is 4.79 Å². The molecule has 0 aromatic rings. The van der Waals surface area contributed by atoms with E-state index in [1.54, 1.807) is 0 Å². The Labute approximate surface area is 78.2 Å². The maximum atomic E-state index is 10.7. The number of hydrogen-bond donors (Lipinski definition) is 2. The van der Waals surface area contributed by atoms with Crippen molar-refractivity contribution in [1.82, 2.24) is 4.90 Å². The normalized spacial score (nSPS) is 30.3. The molecular weight excluding hydrogens is 170 g/mol. The number of piperidine rings is 1. The van der Waals surface area contributed by atoms with Crippen LogP contribution < -0.4 is 0 Å². The van der Waals surface area contributed by atoms with Crippen molar-refractivity contribution in [3.05, 3.63) is 0 Å². The van der Waals surface area contributed by atoms with Crippen LogP contribution in [0.15, 0.2) is 0 Å². The molecule has 1 heterocycles. The van der Waals surface area contributed by atoms with Crippen molar-refractivity contribution in [2.75, 3.05) is 19.7 Å². The molecule has 2 atom stereocenters. The van der Waals surface area contributed by atoms with E-state index in [9.17, 15) is 4.79 Å². The van der Waals surface area contributed by atoms with E-state index >= 15 is 0 Å². The van der Waals surface area contributed by atoms with Crippen molar-refractivity contribution < 1.29 is 15.0 Å². The largest absolute Gasteiger partial charge is 0.481 e. The van der Waals surface area contributed by atoms with Gasteiger partial charge in [-0.05, 0) is 26.3 Å². The van der Waals surface area contributed by atoms with Crippen LogP contribution in [0.3, 0.4) is 0 Å². The molecule has 1 saturated heterocycles. The Kier molecular flexibility index (Phi) is 3.69. The first-order valence-electron chi connectivity index (χ1n) is 4.73. The summed E-state index contributed by atoms with van der Waals surface area (Å²) in [5, 5.41) is 17.6. The fraction of sp³-hybridized carbons (Fsp3) is 0.889. The fourth-order valence-corrected chi connectivity index (χ4v) is 1.91. The first-order valence-corrected chi connectivity index (χ1v) is 4.73. The number of β-amino-alcohol motifs (C(OH)–C–C–N with tert-alkyl or cyclic N) is 1. The van der Waals surface area contributed by atoms with Crippen LogP contribution in [-0.4, -0.2) is 46.8 Å². The monoisotopic (exact) mass is 187 g/mol. The zero-order chi connectivity index (χ0) is 9.84. The predicted octanol–water partition coefficient (Wildman–Crippen LogP) is 0.164. The number of aliphatic carboxylic acids is 1. The van der Waals surface area contributed by atoms with E-state index in [1.165, 1.54) is 0 Å². The van der Waals surface area contributed by atoms with Crippen LogP contribution in [0.4, 0.5) is 0 Å². The zero-order valence-electron chi connectivity index (χ0n) is 7.94. The van der Waals surface area contributed by atoms with E-state index in [4.69, 9.17) is 10.2 Å². The lowest BCUT2D eigenvalue weighted by Crippen LogP contribution is -2.43. The lowest BCUT2D eigenvalue weighted by Gasteiger charge is -2.35. The molecule has 0 aromatic heterocycles. The first kappa shape index (κ1) is 10.5. The quantitative estimate of drug-likeness (QED) is 0.661. The van der Waals surface area contributed by atoms with Gasteiger partial charge in [-0.15, -0.1) is 0 Å². The Morgan fingerprint density at radius 2 is 2.31 bits per heavy atom. The molecule has 2 unspecified atom stereocenters. The fourth-order valence-electron chi connectivity index (χ4n) is 1.91. The highest BCUT2D eigenvalue weighted by molar-refractivity contribution is 5.70. The summed E-state index contributed by atoms with van der Waals surface area (Å²) in [4.78, 5) is 12.8. The van der Waals surface area contributed by atoms with Gasteiger partial charge < -0.3 is 10.2 Å². The molecule has 0 aromatic carbocycles. The summed E-state index contributed by atoms with van der Waals surface area (Å²) in [5.41, 5.74) is 0. The van der Waals surface area contributed by atoms with Gasteiger partial charge in [0.15, 0.2) is 0 Å². The zero-order valence-corrected chi connectivity index (χ0v) is 7.94. The average Bonchev–Trinajstić information content (AvgIpc) is 2.08. The number of likely N-dealkylation sites (tertiary alicyclic amines) is 1. The third-order valence-electron chi connectivity index (χ3n) is 2.75. The topological polar surface area (TPSA) is 60.8 Å². The lowest BCUT2D eigenvalue weighted by atomic mass is 9.92.